The number of hydrogen-bond donors (Lipinski definition) is 0. The molecule has 2 aromatic rings. The van der Waals surface area contributed by atoms with Crippen LogP contribution in [0.15, 0.2) is 47.6 Å². The molecule has 1 saturated heterocycles. The second-order valence-corrected chi connectivity index (χ2v) is 9.97. The molecule has 37 heavy (non-hydrogen) atoms. The van der Waals surface area contributed by atoms with Gasteiger partial charge < -0.3 is 14.4 Å². The van der Waals surface area contributed by atoms with Gasteiger partial charge in [-0.2, -0.15) is 18.3 Å². The second-order valence-electron chi connectivity index (χ2n) is 9.97. The van der Waals surface area contributed by atoms with Gasteiger partial charge in [-0.25, -0.2) is 4.39 Å². The van der Waals surface area contributed by atoms with Crippen molar-refractivity contribution in [2.24, 2.45) is 22.9 Å². The van der Waals surface area contributed by atoms with E-state index in [1.165, 1.54) is 18.0 Å². The van der Waals surface area contributed by atoms with Gasteiger partial charge in [-0.05, 0) is 61.4 Å². The number of aldehydes is 1. The molecular weight excluding hydrogens is 486 g/mol. The van der Waals surface area contributed by atoms with Crippen LogP contribution in [0.4, 0.5) is 28.9 Å². The fraction of sp³-hybridized carbons (Fsp3) is 0.500. The van der Waals surface area contributed by atoms with Crippen LogP contribution < -0.4 is 14.6 Å². The van der Waals surface area contributed by atoms with Gasteiger partial charge in [0.25, 0.3) is 0 Å². The molecule has 0 spiro atoms. The molecule has 0 aromatic heterocycles. The maximum Gasteiger partial charge on any atom is 0.431 e. The van der Waals surface area contributed by atoms with E-state index in [-0.39, 0.29) is 12.2 Å². The molecule has 0 radical (unpaired) electrons. The fourth-order valence-corrected chi connectivity index (χ4v) is 5.44. The Balaban J connectivity index is 1.42. The van der Waals surface area contributed by atoms with Crippen LogP contribution in [-0.4, -0.2) is 43.9 Å². The lowest BCUT2D eigenvalue weighted by Gasteiger charge is -2.38. The first-order valence-corrected chi connectivity index (χ1v) is 12.8. The zero-order chi connectivity index (χ0) is 26.7. The number of rotatable bonds is 8. The molecule has 0 N–H and O–H groups in total. The van der Waals surface area contributed by atoms with E-state index in [1.54, 1.807) is 24.3 Å². The standard InChI is InChI=1S/C28H33F4N3O2/c1-4-37-23-9-10-24(29)26(16-23)34-13-11-21(18(2)17-34)15-20-5-7-22(8-6-20)35-25(12-14-36)19(3)27(33-35)28(30,31)32/h5-10,14,16,18-19,21,25H,4,11-13,15,17H2,1-3H3/t18?,19?,21?,25-/m0/s1. The predicted octanol–water partition coefficient (Wildman–Crippen LogP) is 6.26. The van der Waals surface area contributed by atoms with Crippen LogP contribution in [0.5, 0.6) is 5.75 Å². The van der Waals surface area contributed by atoms with Gasteiger partial charge in [-0.1, -0.05) is 26.0 Å². The summed E-state index contributed by atoms with van der Waals surface area (Å²) < 4.78 is 60.3. The van der Waals surface area contributed by atoms with Crippen LogP contribution in [0.3, 0.4) is 0 Å². The highest BCUT2D eigenvalue weighted by Gasteiger charge is 2.48. The number of ether oxygens (including phenoxy) is 1. The molecule has 3 unspecified atom stereocenters. The van der Waals surface area contributed by atoms with E-state index in [4.69, 9.17) is 4.74 Å². The van der Waals surface area contributed by atoms with Crippen LogP contribution in [-0.2, 0) is 11.2 Å². The summed E-state index contributed by atoms with van der Waals surface area (Å²) >= 11 is 0. The number of nitrogens with zero attached hydrogens (tertiary/aromatic N) is 3. The number of piperidine rings is 1. The third kappa shape index (κ3) is 5.91. The highest BCUT2D eigenvalue weighted by atomic mass is 19.4. The summed E-state index contributed by atoms with van der Waals surface area (Å²) in [5.41, 5.74) is 1.32. The van der Waals surface area contributed by atoms with Crippen molar-refractivity contribution in [3.8, 4) is 5.75 Å². The van der Waals surface area contributed by atoms with Crippen molar-refractivity contribution in [2.75, 3.05) is 29.6 Å². The maximum atomic E-state index is 14.5. The Hall–Kier alpha value is -3.10. The normalized spacial score (nSPS) is 24.2. The number of benzene rings is 2. The first kappa shape index (κ1) is 26.9. The summed E-state index contributed by atoms with van der Waals surface area (Å²) in [4.78, 5) is 13.2. The molecular formula is C28H33F4N3O2. The molecule has 0 saturated carbocycles. The lowest BCUT2D eigenvalue weighted by atomic mass is 9.82. The SMILES string of the molecule is CCOc1ccc(F)c(N2CCC(Cc3ccc(N4N=C(C(F)(F)F)C(C)[C@@H]4CC=O)cc3)C(C)C2)c1. The van der Waals surface area contributed by atoms with E-state index in [0.717, 1.165) is 31.5 Å². The number of hydrazone groups is 1. The lowest BCUT2D eigenvalue weighted by molar-refractivity contribution is -0.108. The van der Waals surface area contributed by atoms with E-state index in [9.17, 15) is 22.4 Å². The fourth-order valence-electron chi connectivity index (χ4n) is 5.44. The van der Waals surface area contributed by atoms with Crippen molar-refractivity contribution in [1.82, 2.24) is 0 Å². The second kappa shape index (κ2) is 11.1. The van der Waals surface area contributed by atoms with Crippen molar-refractivity contribution < 1.29 is 27.1 Å². The number of anilines is 2. The molecule has 2 heterocycles. The summed E-state index contributed by atoms with van der Waals surface area (Å²) in [6.07, 6.45) is -2.21. The quantitative estimate of drug-likeness (QED) is 0.305. The minimum Gasteiger partial charge on any atom is -0.494 e. The Morgan fingerprint density at radius 2 is 1.86 bits per heavy atom. The Morgan fingerprint density at radius 3 is 2.49 bits per heavy atom. The minimum absolute atomic E-state index is 0.0316. The Labute approximate surface area is 215 Å². The molecule has 4 rings (SSSR count). The summed E-state index contributed by atoms with van der Waals surface area (Å²) in [5.74, 6) is 0.215. The van der Waals surface area contributed by atoms with Gasteiger partial charge in [0.1, 0.15) is 23.6 Å². The molecule has 4 atom stereocenters. The molecule has 2 aliphatic heterocycles. The highest BCUT2D eigenvalue weighted by Crippen LogP contribution is 2.37. The van der Waals surface area contributed by atoms with Gasteiger partial charge in [-0.15, -0.1) is 0 Å². The molecule has 0 amide bonds. The summed E-state index contributed by atoms with van der Waals surface area (Å²) in [7, 11) is 0. The van der Waals surface area contributed by atoms with Gasteiger partial charge in [0.05, 0.1) is 24.0 Å². The largest absolute Gasteiger partial charge is 0.494 e. The first-order chi connectivity index (χ1) is 17.6. The van der Waals surface area contributed by atoms with E-state index >= 15 is 0 Å². The third-order valence-corrected chi connectivity index (χ3v) is 7.52. The number of alkyl halides is 3. The van der Waals surface area contributed by atoms with Crippen LogP contribution in [0.2, 0.25) is 0 Å². The summed E-state index contributed by atoms with van der Waals surface area (Å²) in [5, 5.41) is 5.18. The van der Waals surface area contributed by atoms with Gasteiger partial charge in [0.15, 0.2) is 0 Å². The van der Waals surface area contributed by atoms with Crippen LogP contribution in [0, 0.1) is 23.6 Å². The van der Waals surface area contributed by atoms with Crippen molar-refractivity contribution in [3.05, 3.63) is 53.8 Å². The summed E-state index contributed by atoms with van der Waals surface area (Å²) in [6.45, 7) is 7.49. The monoisotopic (exact) mass is 519 g/mol. The molecule has 0 bridgehead atoms. The minimum atomic E-state index is -4.53. The molecule has 5 nitrogen and oxygen atoms in total. The van der Waals surface area contributed by atoms with Crippen molar-refractivity contribution in [3.63, 3.8) is 0 Å². The smallest absolute Gasteiger partial charge is 0.431 e. The first-order valence-electron chi connectivity index (χ1n) is 12.8. The molecule has 200 valence electrons. The lowest BCUT2D eigenvalue weighted by Crippen LogP contribution is -2.40. The van der Waals surface area contributed by atoms with Crippen LogP contribution in [0.25, 0.3) is 0 Å². The van der Waals surface area contributed by atoms with Gasteiger partial charge in [0.2, 0.25) is 0 Å². The van der Waals surface area contributed by atoms with Gasteiger partial charge in [0, 0.05) is 31.5 Å². The van der Waals surface area contributed by atoms with E-state index in [0.29, 0.717) is 41.9 Å². The van der Waals surface area contributed by atoms with E-state index in [1.807, 2.05) is 19.1 Å². The molecule has 1 fully saturated rings. The Morgan fingerprint density at radius 1 is 1.14 bits per heavy atom. The zero-order valence-electron chi connectivity index (χ0n) is 21.3. The maximum absolute atomic E-state index is 14.5. The van der Waals surface area contributed by atoms with E-state index < -0.39 is 23.8 Å². The Bertz CT molecular complexity index is 1120. The average molecular weight is 520 g/mol. The van der Waals surface area contributed by atoms with Crippen LogP contribution >= 0.6 is 0 Å². The topological polar surface area (TPSA) is 45.1 Å². The molecule has 9 heteroatoms. The molecule has 2 aromatic carbocycles. The summed E-state index contributed by atoms with van der Waals surface area (Å²) in [6, 6.07) is 11.6. The number of carbonyl (C=O) groups is 1. The van der Waals surface area contributed by atoms with Crippen molar-refractivity contribution in [1.29, 1.82) is 0 Å². The predicted molar refractivity (Wildman–Crippen MR) is 137 cm³/mol. The average Bonchev–Trinajstić information content (AvgIpc) is 3.19. The number of halogens is 4. The zero-order valence-corrected chi connectivity index (χ0v) is 21.3. The third-order valence-electron chi connectivity index (χ3n) is 7.52. The van der Waals surface area contributed by atoms with Crippen LogP contribution in [0.1, 0.15) is 39.2 Å². The van der Waals surface area contributed by atoms with Gasteiger partial charge >= 0.3 is 6.18 Å². The van der Waals surface area contributed by atoms with Crippen molar-refractivity contribution >= 4 is 23.4 Å². The highest BCUT2D eigenvalue weighted by molar-refractivity contribution is 5.95. The Kier molecular flexibility index (Phi) is 8.09. The molecule has 0 aliphatic carbocycles. The van der Waals surface area contributed by atoms with Gasteiger partial charge in [-0.3, -0.25) is 5.01 Å². The number of carbonyl (C=O) groups excluding carboxylic acids is 1. The van der Waals surface area contributed by atoms with E-state index in [2.05, 4.69) is 16.9 Å². The van der Waals surface area contributed by atoms with Crippen molar-refractivity contribution in [2.45, 2.75) is 52.3 Å². The molecule has 2 aliphatic rings. The number of hydrogen-bond acceptors (Lipinski definition) is 5.